The van der Waals surface area contributed by atoms with Crippen LogP contribution in [0.5, 0.6) is 0 Å². The highest BCUT2D eigenvalue weighted by Gasteiger charge is 2.11. The smallest absolute Gasteiger partial charge is 0.248 e. The van der Waals surface area contributed by atoms with Gasteiger partial charge in [-0.15, -0.1) is 0 Å². The number of fused-ring (bicyclic) bond motifs is 1. The quantitative estimate of drug-likeness (QED) is 0.453. The van der Waals surface area contributed by atoms with E-state index in [1.54, 1.807) is 30.7 Å². The van der Waals surface area contributed by atoms with Crippen molar-refractivity contribution in [1.29, 1.82) is 0 Å². The summed E-state index contributed by atoms with van der Waals surface area (Å²) in [4.78, 5) is 24.5. The zero-order valence-electron chi connectivity index (χ0n) is 16.4. The summed E-state index contributed by atoms with van der Waals surface area (Å²) in [5.74, 6) is 0.197. The highest BCUT2D eigenvalue weighted by atomic mass is 16.1. The lowest BCUT2D eigenvalue weighted by molar-refractivity contribution is 0.100. The van der Waals surface area contributed by atoms with Crippen LogP contribution < -0.4 is 11.1 Å². The first-order valence-corrected chi connectivity index (χ1v) is 9.69. The number of primary amides is 1. The highest BCUT2D eigenvalue weighted by Crippen LogP contribution is 2.27. The van der Waals surface area contributed by atoms with E-state index in [1.165, 1.54) is 0 Å². The molecular weight excluding hydrogens is 388 g/mol. The van der Waals surface area contributed by atoms with Crippen molar-refractivity contribution >= 4 is 23.1 Å². The molecule has 7 heteroatoms. The van der Waals surface area contributed by atoms with E-state index >= 15 is 0 Å². The number of imidazole rings is 1. The van der Waals surface area contributed by atoms with Crippen molar-refractivity contribution < 1.29 is 4.79 Å². The minimum absolute atomic E-state index is 0.452. The molecular formula is C24H18N6O. The molecule has 0 radical (unpaired) electrons. The first kappa shape index (κ1) is 18.5. The van der Waals surface area contributed by atoms with Gasteiger partial charge in [0.2, 0.25) is 5.91 Å². The van der Waals surface area contributed by atoms with Crippen LogP contribution in [0.3, 0.4) is 0 Å². The molecule has 0 fully saturated rings. The molecule has 0 aliphatic rings. The minimum Gasteiger partial charge on any atom is -0.366 e. The summed E-state index contributed by atoms with van der Waals surface area (Å²) in [5, 5.41) is 3.34. The van der Waals surface area contributed by atoms with Gasteiger partial charge in [-0.05, 0) is 41.5 Å². The molecule has 0 spiro atoms. The van der Waals surface area contributed by atoms with E-state index in [0.29, 0.717) is 17.0 Å². The summed E-state index contributed by atoms with van der Waals surface area (Å²) in [5.41, 5.74) is 11.3. The molecule has 3 heterocycles. The molecule has 0 bridgehead atoms. The molecule has 2 aromatic carbocycles. The van der Waals surface area contributed by atoms with Gasteiger partial charge < -0.3 is 11.1 Å². The predicted octanol–water partition coefficient (Wildman–Crippen LogP) is 4.30. The predicted molar refractivity (Wildman–Crippen MR) is 120 cm³/mol. The highest BCUT2D eigenvalue weighted by molar-refractivity contribution is 5.93. The van der Waals surface area contributed by atoms with Crippen LogP contribution >= 0.6 is 0 Å². The molecule has 0 aliphatic heterocycles. The lowest BCUT2D eigenvalue weighted by Crippen LogP contribution is -2.10. The Morgan fingerprint density at radius 2 is 1.61 bits per heavy atom. The number of rotatable bonds is 5. The number of benzene rings is 2. The van der Waals surface area contributed by atoms with Gasteiger partial charge in [0.15, 0.2) is 11.5 Å². The minimum atomic E-state index is -0.452. The number of anilines is 2. The second kappa shape index (κ2) is 7.72. The molecule has 3 N–H and O–H groups in total. The molecule has 31 heavy (non-hydrogen) atoms. The Morgan fingerprint density at radius 3 is 2.32 bits per heavy atom. The zero-order valence-corrected chi connectivity index (χ0v) is 16.4. The Bertz CT molecular complexity index is 1360. The third kappa shape index (κ3) is 3.60. The second-order valence-electron chi connectivity index (χ2n) is 7.00. The van der Waals surface area contributed by atoms with Gasteiger partial charge in [0.25, 0.3) is 0 Å². The Labute approximate surface area is 178 Å². The number of carbonyl (C=O) groups is 1. The van der Waals surface area contributed by atoms with Crippen LogP contribution in [0.25, 0.3) is 28.0 Å². The molecule has 1 amide bonds. The van der Waals surface area contributed by atoms with Crippen molar-refractivity contribution in [3.63, 3.8) is 0 Å². The summed E-state index contributed by atoms with van der Waals surface area (Å²) in [6, 6.07) is 19.1. The maximum Gasteiger partial charge on any atom is 0.248 e. The summed E-state index contributed by atoms with van der Waals surface area (Å²) < 4.78 is 1.96. The first-order valence-electron chi connectivity index (χ1n) is 9.69. The third-order valence-corrected chi connectivity index (χ3v) is 5.04. The van der Waals surface area contributed by atoms with Crippen LogP contribution in [0.1, 0.15) is 10.4 Å². The van der Waals surface area contributed by atoms with Gasteiger partial charge in [-0.3, -0.25) is 14.2 Å². The molecule has 150 valence electrons. The van der Waals surface area contributed by atoms with E-state index in [1.807, 2.05) is 65.3 Å². The van der Waals surface area contributed by atoms with Crippen LogP contribution in [0.2, 0.25) is 0 Å². The molecule has 0 atom stereocenters. The number of hydrogen-bond acceptors (Lipinski definition) is 5. The van der Waals surface area contributed by atoms with Crippen LogP contribution in [0.15, 0.2) is 91.6 Å². The maximum absolute atomic E-state index is 11.3. The van der Waals surface area contributed by atoms with Crippen molar-refractivity contribution in [3.05, 3.63) is 97.2 Å². The van der Waals surface area contributed by atoms with Gasteiger partial charge in [-0.2, -0.15) is 0 Å². The molecule has 3 aromatic heterocycles. The summed E-state index contributed by atoms with van der Waals surface area (Å²) in [7, 11) is 0. The number of nitrogens with two attached hydrogens (primary N) is 1. The number of hydrogen-bond donors (Lipinski definition) is 2. The van der Waals surface area contributed by atoms with Crippen molar-refractivity contribution in [2.75, 3.05) is 5.32 Å². The fraction of sp³-hybridized carbons (Fsp3) is 0. The van der Waals surface area contributed by atoms with Crippen LogP contribution in [0.4, 0.5) is 11.5 Å². The van der Waals surface area contributed by atoms with E-state index in [0.717, 1.165) is 28.1 Å². The van der Waals surface area contributed by atoms with Crippen molar-refractivity contribution in [2.45, 2.75) is 0 Å². The van der Waals surface area contributed by atoms with Crippen molar-refractivity contribution in [2.24, 2.45) is 5.73 Å². The average molecular weight is 406 g/mol. The largest absolute Gasteiger partial charge is 0.366 e. The number of amides is 1. The van der Waals surface area contributed by atoms with Gasteiger partial charge >= 0.3 is 0 Å². The van der Waals surface area contributed by atoms with Gasteiger partial charge in [0.1, 0.15) is 0 Å². The first-order chi connectivity index (χ1) is 15.2. The second-order valence-corrected chi connectivity index (χ2v) is 7.00. The van der Waals surface area contributed by atoms with E-state index < -0.39 is 5.91 Å². The topological polar surface area (TPSA) is 98.2 Å². The summed E-state index contributed by atoms with van der Waals surface area (Å²) >= 11 is 0. The van der Waals surface area contributed by atoms with Gasteiger partial charge in [-0.25, -0.2) is 9.97 Å². The normalized spacial score (nSPS) is 10.8. The standard InChI is InChI=1S/C24H18N6O/c25-22(31)18-5-3-17(4-6-18)21-15-28-23(24-27-12-13-30(21)24)29-20-9-7-16(8-10-20)19-2-1-11-26-14-19/h1-15H,(H2,25,31)(H,28,29). The number of carbonyl (C=O) groups excluding carboxylic acids is 1. The van der Waals surface area contributed by atoms with E-state index in [-0.39, 0.29) is 0 Å². The molecule has 7 nitrogen and oxygen atoms in total. The Balaban J connectivity index is 1.45. The van der Waals surface area contributed by atoms with Gasteiger partial charge in [-0.1, -0.05) is 30.3 Å². The Hall–Kier alpha value is -4.52. The number of nitrogens with one attached hydrogen (secondary N) is 1. The van der Waals surface area contributed by atoms with E-state index in [4.69, 9.17) is 5.73 Å². The third-order valence-electron chi connectivity index (χ3n) is 5.04. The maximum atomic E-state index is 11.3. The lowest BCUT2D eigenvalue weighted by Gasteiger charge is -2.11. The Morgan fingerprint density at radius 1 is 0.839 bits per heavy atom. The number of pyridine rings is 1. The molecule has 0 aliphatic carbocycles. The zero-order chi connectivity index (χ0) is 21.2. The fourth-order valence-electron chi connectivity index (χ4n) is 3.44. The SMILES string of the molecule is NC(=O)c1ccc(-c2cnc(Nc3ccc(-c4cccnc4)cc3)c3nccn23)cc1. The lowest BCUT2D eigenvalue weighted by atomic mass is 10.1. The van der Waals surface area contributed by atoms with Crippen LogP contribution in [-0.2, 0) is 0 Å². The average Bonchev–Trinajstić information content (AvgIpc) is 3.31. The fourth-order valence-corrected chi connectivity index (χ4v) is 3.44. The summed E-state index contributed by atoms with van der Waals surface area (Å²) in [6.45, 7) is 0. The molecule has 5 rings (SSSR count). The Kier molecular flexibility index (Phi) is 4.61. The monoisotopic (exact) mass is 406 g/mol. The number of nitrogens with zero attached hydrogens (tertiary/aromatic N) is 4. The molecule has 0 saturated heterocycles. The summed E-state index contributed by atoms with van der Waals surface area (Å²) in [6.07, 6.45) is 8.99. The van der Waals surface area contributed by atoms with Crippen LogP contribution in [-0.4, -0.2) is 25.3 Å². The number of aromatic nitrogens is 4. The van der Waals surface area contributed by atoms with Gasteiger partial charge in [0.05, 0.1) is 11.9 Å². The molecule has 5 aromatic rings. The van der Waals surface area contributed by atoms with Crippen LogP contribution in [0, 0.1) is 0 Å². The van der Waals surface area contributed by atoms with Gasteiger partial charge in [0, 0.05) is 41.6 Å². The molecule has 0 saturated carbocycles. The van der Waals surface area contributed by atoms with E-state index in [9.17, 15) is 4.79 Å². The van der Waals surface area contributed by atoms with Crippen molar-refractivity contribution in [3.8, 4) is 22.4 Å². The van der Waals surface area contributed by atoms with Crippen molar-refractivity contribution in [1.82, 2.24) is 19.4 Å². The van der Waals surface area contributed by atoms with E-state index in [2.05, 4.69) is 20.3 Å². The molecule has 0 unspecified atom stereocenters.